The molecule has 2 aromatic rings. The molecule has 2 N–H and O–H groups in total. The highest BCUT2D eigenvalue weighted by atomic mass is 16.9. The Balaban J connectivity index is 0.835. The van der Waals surface area contributed by atoms with Gasteiger partial charge in [-0.3, -0.25) is 0 Å². The highest BCUT2D eigenvalue weighted by Gasteiger charge is 2.56. The van der Waals surface area contributed by atoms with Crippen molar-refractivity contribution in [1.29, 1.82) is 0 Å². The second-order valence-electron chi connectivity index (χ2n) is 14.0. The highest BCUT2D eigenvalue weighted by Crippen LogP contribution is 2.40. The lowest BCUT2D eigenvalue weighted by Gasteiger charge is -2.26. The molecule has 4 saturated heterocycles. The van der Waals surface area contributed by atoms with E-state index in [4.69, 9.17) is 37.9 Å². The summed E-state index contributed by atoms with van der Waals surface area (Å²) in [4.78, 5) is 0. The van der Waals surface area contributed by atoms with E-state index in [1.807, 2.05) is 64.1 Å². The van der Waals surface area contributed by atoms with E-state index in [9.17, 15) is 0 Å². The zero-order valence-corrected chi connectivity index (χ0v) is 28.4. The topological polar surface area (TPSA) is 97.9 Å². The summed E-state index contributed by atoms with van der Waals surface area (Å²) < 4.78 is 49.5. The second kappa shape index (κ2) is 16.2. The summed E-state index contributed by atoms with van der Waals surface area (Å²) in [5.74, 6) is -1.33. The Hall–Kier alpha value is -1.96. The Morgan fingerprint density at radius 1 is 0.553 bits per heavy atom. The normalized spacial score (nSPS) is 32.1. The van der Waals surface area contributed by atoms with E-state index in [2.05, 4.69) is 34.9 Å². The van der Waals surface area contributed by atoms with Crippen LogP contribution in [0.2, 0.25) is 0 Å². The minimum atomic E-state index is -0.665. The predicted octanol–water partition coefficient (Wildman–Crippen LogP) is 5.04. The number of nitrogens with one attached hydrogen (secondary N) is 2. The first-order valence-electron chi connectivity index (χ1n) is 17.5. The molecule has 0 amide bonds. The van der Waals surface area contributed by atoms with Gasteiger partial charge in [0.1, 0.15) is 36.6 Å². The molecular weight excluding hydrogens is 600 g/mol. The van der Waals surface area contributed by atoms with Crippen molar-refractivity contribution in [2.45, 2.75) is 134 Å². The summed E-state index contributed by atoms with van der Waals surface area (Å²) in [5, 5.41) is 7.16. The van der Waals surface area contributed by atoms with Crippen molar-refractivity contribution in [1.82, 2.24) is 10.6 Å². The fourth-order valence-electron chi connectivity index (χ4n) is 6.88. The van der Waals surface area contributed by atoms with Gasteiger partial charge in [0.25, 0.3) is 0 Å². The van der Waals surface area contributed by atoms with Gasteiger partial charge < -0.3 is 48.5 Å². The fourth-order valence-corrected chi connectivity index (χ4v) is 6.88. The van der Waals surface area contributed by atoms with Crippen LogP contribution in [0.15, 0.2) is 60.7 Å². The largest absolute Gasteiger partial charge is 0.368 e. The number of unbranched alkanes of at least 4 members (excludes halogenated alkanes) is 4. The monoisotopic (exact) mass is 654 g/mol. The van der Waals surface area contributed by atoms with Crippen LogP contribution in [0.25, 0.3) is 0 Å². The van der Waals surface area contributed by atoms with E-state index >= 15 is 0 Å². The Bertz CT molecular complexity index is 1120. The van der Waals surface area contributed by atoms with E-state index in [0.29, 0.717) is 26.3 Å². The van der Waals surface area contributed by atoms with Gasteiger partial charge in [-0.1, -0.05) is 79.9 Å². The van der Waals surface area contributed by atoms with Crippen LogP contribution in [-0.4, -0.2) is 87.0 Å². The Morgan fingerprint density at radius 3 is 1.38 bits per heavy atom. The molecule has 47 heavy (non-hydrogen) atoms. The van der Waals surface area contributed by atoms with Gasteiger partial charge in [0, 0.05) is 13.1 Å². The van der Waals surface area contributed by atoms with Gasteiger partial charge in [-0.05, 0) is 64.8 Å². The number of fused-ring (bicyclic) bond motifs is 2. The van der Waals surface area contributed by atoms with Gasteiger partial charge in [0.15, 0.2) is 24.2 Å². The van der Waals surface area contributed by atoms with Crippen molar-refractivity contribution in [2.24, 2.45) is 0 Å². The molecule has 8 atom stereocenters. The smallest absolute Gasteiger partial charge is 0.190 e. The first-order chi connectivity index (χ1) is 22.8. The van der Waals surface area contributed by atoms with E-state index in [-0.39, 0.29) is 36.6 Å². The molecule has 6 rings (SSSR count). The van der Waals surface area contributed by atoms with E-state index < -0.39 is 24.2 Å². The number of hydrogen-bond acceptors (Lipinski definition) is 10. The quantitative estimate of drug-likeness (QED) is 0.213. The van der Waals surface area contributed by atoms with Crippen LogP contribution in [0, 0.1) is 0 Å². The molecule has 10 heteroatoms. The fraction of sp³-hybridized carbons (Fsp3) is 0.676. The van der Waals surface area contributed by atoms with Crippen molar-refractivity contribution in [3.05, 3.63) is 71.8 Å². The van der Waals surface area contributed by atoms with E-state index in [0.717, 1.165) is 37.1 Å². The molecule has 2 aromatic carbocycles. The molecule has 4 fully saturated rings. The third-order valence-electron chi connectivity index (χ3n) is 9.14. The van der Waals surface area contributed by atoms with E-state index in [1.165, 1.54) is 19.3 Å². The lowest BCUT2D eigenvalue weighted by molar-refractivity contribution is -0.218. The number of ether oxygens (including phenoxy) is 8. The molecule has 4 aliphatic rings. The van der Waals surface area contributed by atoms with Crippen LogP contribution in [0.1, 0.15) is 70.9 Å². The number of benzene rings is 2. The van der Waals surface area contributed by atoms with Crippen molar-refractivity contribution in [3.63, 3.8) is 0 Å². The van der Waals surface area contributed by atoms with Crippen LogP contribution >= 0.6 is 0 Å². The lowest BCUT2D eigenvalue weighted by Crippen LogP contribution is -2.41. The molecule has 4 aliphatic heterocycles. The molecule has 0 bridgehead atoms. The van der Waals surface area contributed by atoms with Crippen LogP contribution in [0.5, 0.6) is 0 Å². The Morgan fingerprint density at radius 2 is 0.957 bits per heavy atom. The van der Waals surface area contributed by atoms with Crippen LogP contribution in [-0.2, 0) is 51.1 Å². The molecule has 0 spiro atoms. The molecule has 4 heterocycles. The van der Waals surface area contributed by atoms with Gasteiger partial charge in [0.05, 0.1) is 13.2 Å². The summed E-state index contributed by atoms with van der Waals surface area (Å²) in [6.07, 6.45) is 3.97. The maximum atomic E-state index is 6.34. The second-order valence-corrected chi connectivity index (χ2v) is 14.0. The average Bonchev–Trinajstić information content (AvgIpc) is 3.72. The summed E-state index contributed by atoms with van der Waals surface area (Å²) >= 11 is 0. The minimum Gasteiger partial charge on any atom is -0.368 e. The first-order valence-corrected chi connectivity index (χ1v) is 17.5. The average molecular weight is 655 g/mol. The summed E-state index contributed by atoms with van der Waals surface area (Å²) in [7, 11) is 0. The highest BCUT2D eigenvalue weighted by molar-refractivity contribution is 5.14. The standard InChI is InChI=1S/C37H54N2O8/c1-36(2)44-32-30(40-24-26-16-10-8-11-17-26)28(42-34(32)46-36)22-38-20-14-6-5-7-15-21-39-23-29-31(41-25-27-18-12-9-13-19-27)33-35(43-29)47-37(3,4)45-33/h8-13,16-19,28-35,38-39H,5-7,14-15,20-25H2,1-4H3/t28-,29+,30+,31-,32-,33+,34-,35+. The van der Waals surface area contributed by atoms with Gasteiger partial charge in [-0.15, -0.1) is 0 Å². The van der Waals surface area contributed by atoms with Crippen LogP contribution < -0.4 is 10.6 Å². The van der Waals surface area contributed by atoms with Crippen molar-refractivity contribution in [2.75, 3.05) is 26.2 Å². The van der Waals surface area contributed by atoms with Crippen molar-refractivity contribution < 1.29 is 37.9 Å². The van der Waals surface area contributed by atoms with Crippen LogP contribution in [0.3, 0.4) is 0 Å². The van der Waals surface area contributed by atoms with Gasteiger partial charge in [-0.2, -0.15) is 0 Å². The summed E-state index contributed by atoms with van der Waals surface area (Å²) in [5.41, 5.74) is 2.27. The Labute approximate surface area is 280 Å². The third kappa shape index (κ3) is 9.60. The molecule has 0 radical (unpaired) electrons. The zero-order chi connectivity index (χ0) is 32.7. The van der Waals surface area contributed by atoms with Gasteiger partial charge >= 0.3 is 0 Å². The minimum absolute atomic E-state index is 0.118. The van der Waals surface area contributed by atoms with Gasteiger partial charge in [0.2, 0.25) is 0 Å². The SMILES string of the molecule is CC1(C)O[C@@H]2O[C@@H](CNCCCCCCCNC[C@H]3O[C@@H]4OC(C)(C)O[C@@H]4[C@H]3OCc3ccccc3)[C@@H](OCc3ccccc3)[C@@H]2O1. The zero-order valence-electron chi connectivity index (χ0n) is 28.4. The van der Waals surface area contributed by atoms with Crippen LogP contribution in [0.4, 0.5) is 0 Å². The molecule has 260 valence electrons. The molecule has 0 unspecified atom stereocenters. The molecule has 0 aromatic heterocycles. The number of hydrogen-bond donors (Lipinski definition) is 2. The summed E-state index contributed by atoms with van der Waals surface area (Å²) in [6.45, 7) is 12.0. The molecule has 0 saturated carbocycles. The van der Waals surface area contributed by atoms with Crippen molar-refractivity contribution >= 4 is 0 Å². The van der Waals surface area contributed by atoms with Crippen molar-refractivity contribution in [3.8, 4) is 0 Å². The maximum absolute atomic E-state index is 6.34. The summed E-state index contributed by atoms with van der Waals surface area (Å²) in [6, 6.07) is 20.4. The van der Waals surface area contributed by atoms with E-state index in [1.54, 1.807) is 0 Å². The van der Waals surface area contributed by atoms with Gasteiger partial charge in [-0.25, -0.2) is 0 Å². The third-order valence-corrected chi connectivity index (χ3v) is 9.14. The molecule has 10 nitrogen and oxygen atoms in total. The maximum Gasteiger partial charge on any atom is 0.190 e. The molecule has 0 aliphatic carbocycles. The number of rotatable bonds is 18. The Kier molecular flexibility index (Phi) is 12.0. The molecular formula is C37H54N2O8. The predicted molar refractivity (Wildman–Crippen MR) is 176 cm³/mol. The first kappa shape index (κ1) is 34.9. The lowest BCUT2D eigenvalue weighted by atomic mass is 10.1.